The molecular formula is C25H28FNO4. The summed E-state index contributed by atoms with van der Waals surface area (Å²) in [5.41, 5.74) is 4.83. The van der Waals surface area contributed by atoms with Crippen molar-refractivity contribution in [2.45, 2.75) is 27.2 Å². The van der Waals surface area contributed by atoms with Crippen LogP contribution in [0.5, 0.6) is 5.75 Å². The number of hydrogen-bond donors (Lipinski definition) is 1. The maximum absolute atomic E-state index is 13.4. The summed E-state index contributed by atoms with van der Waals surface area (Å²) in [7, 11) is 1.60. The summed E-state index contributed by atoms with van der Waals surface area (Å²) in [5, 5.41) is 3.76. The molecule has 2 aromatic carbocycles. The summed E-state index contributed by atoms with van der Waals surface area (Å²) in [6.45, 7) is 7.58. The van der Waals surface area contributed by atoms with Gasteiger partial charge in [0.2, 0.25) is 5.91 Å². The van der Waals surface area contributed by atoms with Gasteiger partial charge in [-0.1, -0.05) is 12.1 Å². The molecule has 0 aliphatic rings. The van der Waals surface area contributed by atoms with Gasteiger partial charge in [-0.15, -0.1) is 0 Å². The molecule has 1 heterocycles. The van der Waals surface area contributed by atoms with Crippen molar-refractivity contribution in [3.63, 3.8) is 0 Å². The minimum atomic E-state index is -0.291. The maximum atomic E-state index is 13.4. The van der Waals surface area contributed by atoms with Gasteiger partial charge in [0, 0.05) is 47.9 Å². The van der Waals surface area contributed by atoms with E-state index in [1.54, 1.807) is 31.6 Å². The molecule has 0 radical (unpaired) electrons. The first kappa shape index (κ1) is 22.6. The maximum Gasteiger partial charge on any atom is 0.244 e. The van der Waals surface area contributed by atoms with E-state index in [0.29, 0.717) is 31.1 Å². The number of allylic oxidation sites excluding steroid dienone is 1. The Morgan fingerprint density at radius 3 is 2.68 bits per heavy atom. The lowest BCUT2D eigenvalue weighted by Crippen LogP contribution is -2.23. The smallest absolute Gasteiger partial charge is 0.244 e. The molecule has 0 atom stereocenters. The summed E-state index contributed by atoms with van der Waals surface area (Å²) < 4.78 is 30.1. The van der Waals surface area contributed by atoms with Gasteiger partial charge in [-0.2, -0.15) is 0 Å². The first-order valence-electron chi connectivity index (χ1n) is 10.3. The third-order valence-corrected chi connectivity index (χ3v) is 5.14. The number of nitrogens with one attached hydrogen (secondary N) is 1. The fraction of sp³-hybridized carbons (Fsp3) is 0.320. The van der Waals surface area contributed by atoms with Gasteiger partial charge in [0.1, 0.15) is 17.1 Å². The van der Waals surface area contributed by atoms with E-state index in [9.17, 15) is 9.18 Å². The van der Waals surface area contributed by atoms with Gasteiger partial charge in [-0.05, 0) is 56.5 Å². The predicted molar refractivity (Wildman–Crippen MR) is 121 cm³/mol. The quantitative estimate of drug-likeness (QED) is 0.363. The van der Waals surface area contributed by atoms with E-state index in [0.717, 1.165) is 39.6 Å². The molecule has 31 heavy (non-hydrogen) atoms. The number of amides is 1. The Kier molecular flexibility index (Phi) is 7.47. The first-order chi connectivity index (χ1) is 15.0. The van der Waals surface area contributed by atoms with Crippen LogP contribution >= 0.6 is 0 Å². The fourth-order valence-corrected chi connectivity index (χ4v) is 3.58. The first-order valence-corrected chi connectivity index (χ1v) is 10.3. The average molecular weight is 426 g/mol. The highest BCUT2D eigenvalue weighted by atomic mass is 19.1. The zero-order chi connectivity index (χ0) is 22.4. The monoisotopic (exact) mass is 425 g/mol. The van der Waals surface area contributed by atoms with E-state index in [2.05, 4.69) is 5.32 Å². The molecule has 0 spiro atoms. The van der Waals surface area contributed by atoms with Crippen LogP contribution in [0, 0.1) is 12.7 Å². The van der Waals surface area contributed by atoms with Crippen LogP contribution in [0.25, 0.3) is 27.7 Å². The normalized spacial score (nSPS) is 11.7. The van der Waals surface area contributed by atoms with Crippen LogP contribution < -0.4 is 10.1 Å². The predicted octanol–water partition coefficient (Wildman–Crippen LogP) is 5.50. The van der Waals surface area contributed by atoms with Gasteiger partial charge in [0.25, 0.3) is 0 Å². The molecule has 0 bridgehead atoms. The standard InChI is InChI=1S/C25H28FNO4/c1-5-30-12-6-11-27-23(28)13-16(2)20-14-21-22(18-7-9-19(26)10-8-18)15-31-25(21)17(3)24(20)29-4/h7-10,13-15H,5-6,11-12H2,1-4H3,(H,27,28)/b16-13+. The highest BCUT2D eigenvalue weighted by Crippen LogP contribution is 2.40. The summed E-state index contributed by atoms with van der Waals surface area (Å²) in [6.07, 6.45) is 4.00. The van der Waals surface area contributed by atoms with Crippen molar-refractivity contribution < 1.29 is 23.1 Å². The Morgan fingerprint density at radius 1 is 1.26 bits per heavy atom. The van der Waals surface area contributed by atoms with Crippen molar-refractivity contribution in [3.05, 3.63) is 59.6 Å². The summed E-state index contributed by atoms with van der Waals surface area (Å²) in [4.78, 5) is 12.4. The van der Waals surface area contributed by atoms with Crippen molar-refractivity contribution in [2.24, 2.45) is 0 Å². The molecule has 3 aromatic rings. The highest BCUT2D eigenvalue weighted by molar-refractivity contribution is 6.01. The van der Waals surface area contributed by atoms with Gasteiger partial charge in [-0.25, -0.2) is 4.39 Å². The van der Waals surface area contributed by atoms with Crippen LogP contribution in [0.3, 0.4) is 0 Å². The van der Waals surface area contributed by atoms with E-state index in [1.807, 2.05) is 26.8 Å². The van der Waals surface area contributed by atoms with Gasteiger partial charge in [-0.3, -0.25) is 4.79 Å². The lowest BCUT2D eigenvalue weighted by Gasteiger charge is -2.13. The number of carbonyl (C=O) groups excluding carboxylic acids is 1. The van der Waals surface area contributed by atoms with Crippen molar-refractivity contribution in [2.75, 3.05) is 26.9 Å². The number of methoxy groups -OCH3 is 1. The number of hydrogen-bond acceptors (Lipinski definition) is 4. The highest BCUT2D eigenvalue weighted by Gasteiger charge is 2.18. The molecule has 164 valence electrons. The second-order valence-electron chi connectivity index (χ2n) is 7.28. The number of carbonyl (C=O) groups is 1. The fourth-order valence-electron chi connectivity index (χ4n) is 3.58. The van der Waals surface area contributed by atoms with Crippen molar-refractivity contribution in [3.8, 4) is 16.9 Å². The van der Waals surface area contributed by atoms with Crippen molar-refractivity contribution in [1.29, 1.82) is 0 Å². The molecule has 0 aliphatic heterocycles. The van der Waals surface area contributed by atoms with Gasteiger partial charge in [0.15, 0.2) is 0 Å². The van der Waals surface area contributed by atoms with Crippen LogP contribution in [0.2, 0.25) is 0 Å². The Morgan fingerprint density at radius 2 is 2.00 bits per heavy atom. The molecule has 0 fully saturated rings. The van der Waals surface area contributed by atoms with Gasteiger partial charge < -0.3 is 19.2 Å². The molecule has 0 unspecified atom stereocenters. The number of benzene rings is 2. The Hall–Kier alpha value is -3.12. The molecule has 5 nitrogen and oxygen atoms in total. The van der Waals surface area contributed by atoms with Crippen LogP contribution in [0.1, 0.15) is 31.4 Å². The zero-order valence-electron chi connectivity index (χ0n) is 18.4. The van der Waals surface area contributed by atoms with Crippen LogP contribution in [0.15, 0.2) is 47.1 Å². The van der Waals surface area contributed by atoms with E-state index in [-0.39, 0.29) is 11.7 Å². The van der Waals surface area contributed by atoms with E-state index in [1.165, 1.54) is 12.1 Å². The minimum Gasteiger partial charge on any atom is -0.496 e. The van der Waals surface area contributed by atoms with E-state index < -0.39 is 0 Å². The summed E-state index contributed by atoms with van der Waals surface area (Å²) in [5.74, 6) is 0.200. The van der Waals surface area contributed by atoms with Gasteiger partial charge in [0.05, 0.1) is 13.4 Å². The number of aryl methyl sites for hydroxylation is 1. The largest absolute Gasteiger partial charge is 0.496 e. The molecule has 0 saturated carbocycles. The average Bonchev–Trinajstić information content (AvgIpc) is 3.18. The zero-order valence-corrected chi connectivity index (χ0v) is 18.4. The van der Waals surface area contributed by atoms with E-state index >= 15 is 0 Å². The Balaban J connectivity index is 1.94. The Labute approximate surface area is 181 Å². The second-order valence-corrected chi connectivity index (χ2v) is 7.28. The number of rotatable bonds is 9. The third-order valence-electron chi connectivity index (χ3n) is 5.14. The summed E-state index contributed by atoms with van der Waals surface area (Å²) >= 11 is 0. The molecule has 0 aliphatic carbocycles. The second kappa shape index (κ2) is 10.3. The lowest BCUT2D eigenvalue weighted by atomic mass is 9.96. The molecular weight excluding hydrogens is 397 g/mol. The molecule has 3 rings (SSSR count). The van der Waals surface area contributed by atoms with Crippen LogP contribution in [-0.2, 0) is 9.53 Å². The molecule has 0 saturated heterocycles. The minimum absolute atomic E-state index is 0.167. The number of ether oxygens (including phenoxy) is 2. The number of halogens is 1. The molecule has 1 aromatic heterocycles. The number of fused-ring (bicyclic) bond motifs is 1. The number of furan rings is 1. The van der Waals surface area contributed by atoms with Crippen LogP contribution in [-0.4, -0.2) is 32.8 Å². The van der Waals surface area contributed by atoms with Crippen LogP contribution in [0.4, 0.5) is 4.39 Å². The van der Waals surface area contributed by atoms with Gasteiger partial charge >= 0.3 is 0 Å². The lowest BCUT2D eigenvalue weighted by molar-refractivity contribution is -0.116. The molecule has 1 N–H and O–H groups in total. The summed E-state index contributed by atoms with van der Waals surface area (Å²) in [6, 6.07) is 8.24. The Bertz CT molecular complexity index is 1080. The SMILES string of the molecule is CCOCCCNC(=O)/C=C(\C)c1cc2c(-c3ccc(F)cc3)coc2c(C)c1OC. The molecule has 1 amide bonds. The third kappa shape index (κ3) is 5.14. The van der Waals surface area contributed by atoms with E-state index in [4.69, 9.17) is 13.9 Å². The topological polar surface area (TPSA) is 60.7 Å². The van der Waals surface area contributed by atoms with Crippen molar-refractivity contribution in [1.82, 2.24) is 5.32 Å². The molecule has 6 heteroatoms. The van der Waals surface area contributed by atoms with Crippen molar-refractivity contribution >= 4 is 22.4 Å².